The van der Waals surface area contributed by atoms with Gasteiger partial charge in [0.15, 0.2) is 5.69 Å². The summed E-state index contributed by atoms with van der Waals surface area (Å²) in [5.41, 5.74) is 2.23. The number of carbonyl (C=O) groups is 1. The van der Waals surface area contributed by atoms with Gasteiger partial charge in [0.1, 0.15) is 0 Å². The molecule has 1 aliphatic heterocycles. The number of aromatic nitrogens is 3. The fourth-order valence-corrected chi connectivity index (χ4v) is 2.25. The van der Waals surface area contributed by atoms with Crippen LogP contribution in [0.4, 0.5) is 0 Å². The van der Waals surface area contributed by atoms with Gasteiger partial charge in [-0.15, -0.1) is 5.10 Å². The van der Waals surface area contributed by atoms with E-state index in [1.54, 1.807) is 10.9 Å². The Morgan fingerprint density at radius 2 is 2.42 bits per heavy atom. The summed E-state index contributed by atoms with van der Waals surface area (Å²) in [7, 11) is 0. The maximum Gasteiger partial charge on any atom is 0.287 e. The predicted molar refractivity (Wildman–Crippen MR) is 67.9 cm³/mol. The molecule has 8 nitrogen and oxygen atoms in total. The lowest BCUT2D eigenvalue weighted by atomic mass is 9.97. The second-order valence-electron chi connectivity index (χ2n) is 4.97. The van der Waals surface area contributed by atoms with Crippen molar-refractivity contribution in [1.29, 1.82) is 0 Å². The molecule has 2 heterocycles. The highest BCUT2D eigenvalue weighted by Gasteiger charge is 2.23. The molecule has 1 saturated heterocycles. The van der Waals surface area contributed by atoms with Crippen molar-refractivity contribution in [3.63, 3.8) is 0 Å². The van der Waals surface area contributed by atoms with E-state index < -0.39 is 5.91 Å². The van der Waals surface area contributed by atoms with Gasteiger partial charge in [0.05, 0.1) is 18.8 Å². The molecule has 2 atom stereocenters. The van der Waals surface area contributed by atoms with Gasteiger partial charge < -0.3 is 10.0 Å². The molecule has 0 radical (unpaired) electrons. The van der Waals surface area contributed by atoms with Crippen molar-refractivity contribution in [2.24, 2.45) is 11.8 Å². The van der Waals surface area contributed by atoms with Gasteiger partial charge in [-0.3, -0.25) is 14.9 Å². The molecule has 106 valence electrons. The van der Waals surface area contributed by atoms with Crippen LogP contribution in [-0.4, -0.2) is 56.6 Å². The average Bonchev–Trinajstić information content (AvgIpc) is 2.88. The van der Waals surface area contributed by atoms with Crippen molar-refractivity contribution < 1.29 is 9.90 Å². The van der Waals surface area contributed by atoms with Gasteiger partial charge in [0.2, 0.25) is 0 Å². The fourth-order valence-electron chi connectivity index (χ4n) is 2.25. The van der Waals surface area contributed by atoms with Crippen LogP contribution in [0.15, 0.2) is 6.20 Å². The number of likely N-dealkylation sites (tertiary alicyclic amines) is 1. The molecule has 4 N–H and O–H groups in total. The van der Waals surface area contributed by atoms with Gasteiger partial charge in [0.25, 0.3) is 5.91 Å². The van der Waals surface area contributed by atoms with Gasteiger partial charge >= 0.3 is 0 Å². The van der Waals surface area contributed by atoms with Crippen LogP contribution in [0.2, 0.25) is 0 Å². The van der Waals surface area contributed by atoms with Crippen LogP contribution < -0.4 is 11.3 Å². The third-order valence-electron chi connectivity index (χ3n) is 3.49. The van der Waals surface area contributed by atoms with Crippen molar-refractivity contribution in [1.82, 2.24) is 25.3 Å². The number of aliphatic hydroxyl groups excluding tert-OH is 1. The van der Waals surface area contributed by atoms with Crippen molar-refractivity contribution >= 4 is 5.91 Å². The molecule has 1 aromatic heterocycles. The second kappa shape index (κ2) is 6.09. The first-order chi connectivity index (χ1) is 9.10. The van der Waals surface area contributed by atoms with Crippen LogP contribution in [0.5, 0.6) is 0 Å². The molecule has 8 heteroatoms. The quantitative estimate of drug-likeness (QED) is 0.351. The fraction of sp³-hybridized carbons (Fsp3) is 0.727. The topological polar surface area (TPSA) is 109 Å². The summed E-state index contributed by atoms with van der Waals surface area (Å²) in [5, 5.41) is 17.3. The molecule has 19 heavy (non-hydrogen) atoms. The van der Waals surface area contributed by atoms with Gasteiger partial charge in [-0.05, 0) is 12.3 Å². The molecule has 1 aromatic rings. The van der Waals surface area contributed by atoms with E-state index in [9.17, 15) is 9.90 Å². The minimum absolute atomic E-state index is 0.192. The van der Waals surface area contributed by atoms with Gasteiger partial charge in [-0.2, -0.15) is 0 Å². The Morgan fingerprint density at radius 1 is 1.63 bits per heavy atom. The lowest BCUT2D eigenvalue weighted by Gasteiger charge is -2.34. The van der Waals surface area contributed by atoms with Crippen LogP contribution >= 0.6 is 0 Å². The van der Waals surface area contributed by atoms with Gasteiger partial charge in [0, 0.05) is 19.6 Å². The van der Waals surface area contributed by atoms with Crippen LogP contribution in [0.25, 0.3) is 0 Å². The van der Waals surface area contributed by atoms with E-state index in [2.05, 4.69) is 22.1 Å². The largest absolute Gasteiger partial charge is 0.393 e. The Morgan fingerprint density at radius 3 is 3.11 bits per heavy atom. The average molecular weight is 268 g/mol. The van der Waals surface area contributed by atoms with Crippen molar-refractivity contribution in [2.75, 3.05) is 19.6 Å². The molecule has 1 fully saturated rings. The number of amides is 1. The summed E-state index contributed by atoms with van der Waals surface area (Å²) >= 11 is 0. The number of hydrogen-bond donors (Lipinski definition) is 3. The molecule has 1 aliphatic rings. The Balaban J connectivity index is 1.82. The van der Waals surface area contributed by atoms with Crippen molar-refractivity contribution in [3.05, 3.63) is 11.9 Å². The third kappa shape index (κ3) is 3.49. The Labute approximate surface area is 111 Å². The van der Waals surface area contributed by atoms with Crippen molar-refractivity contribution in [3.8, 4) is 0 Å². The Hall–Kier alpha value is -1.51. The molecular weight excluding hydrogens is 248 g/mol. The highest BCUT2D eigenvalue weighted by molar-refractivity contribution is 5.91. The summed E-state index contributed by atoms with van der Waals surface area (Å²) in [4.78, 5) is 13.5. The smallest absolute Gasteiger partial charge is 0.287 e. The molecular formula is C11H20N6O2. The summed E-state index contributed by atoms with van der Waals surface area (Å²) in [6.07, 6.45) is 2.19. The number of nitrogens with one attached hydrogen (secondary N) is 1. The third-order valence-corrected chi connectivity index (χ3v) is 3.49. The molecule has 2 unspecified atom stereocenters. The van der Waals surface area contributed by atoms with Gasteiger partial charge in [-0.1, -0.05) is 12.1 Å². The van der Waals surface area contributed by atoms with E-state index in [0.717, 1.165) is 26.1 Å². The molecule has 1 amide bonds. The van der Waals surface area contributed by atoms with E-state index in [1.165, 1.54) is 0 Å². The van der Waals surface area contributed by atoms with E-state index >= 15 is 0 Å². The SMILES string of the molecule is CC1CN(CCn2cc(C(=O)NN)nn2)CCC1O. The number of nitrogens with zero attached hydrogens (tertiary/aromatic N) is 4. The van der Waals surface area contributed by atoms with E-state index in [1.807, 2.05) is 5.43 Å². The Kier molecular flexibility index (Phi) is 4.46. The molecule has 0 aliphatic carbocycles. The minimum Gasteiger partial charge on any atom is -0.393 e. The number of piperidine rings is 1. The molecule has 0 spiro atoms. The summed E-state index contributed by atoms with van der Waals surface area (Å²) < 4.78 is 1.63. The van der Waals surface area contributed by atoms with Crippen molar-refractivity contribution in [2.45, 2.75) is 26.0 Å². The van der Waals surface area contributed by atoms with Crippen LogP contribution in [0.1, 0.15) is 23.8 Å². The first-order valence-corrected chi connectivity index (χ1v) is 6.41. The molecule has 0 saturated carbocycles. The van der Waals surface area contributed by atoms with Crippen LogP contribution in [0.3, 0.4) is 0 Å². The molecule has 0 aromatic carbocycles. The summed E-state index contributed by atoms with van der Waals surface area (Å²) in [6.45, 7) is 5.30. The summed E-state index contributed by atoms with van der Waals surface area (Å²) in [5.74, 6) is 4.87. The minimum atomic E-state index is -0.444. The second-order valence-corrected chi connectivity index (χ2v) is 4.97. The number of aliphatic hydroxyl groups is 1. The highest BCUT2D eigenvalue weighted by Crippen LogP contribution is 2.16. The Bertz CT molecular complexity index is 435. The maximum atomic E-state index is 11.2. The number of nitrogen functional groups attached to an aromatic ring is 1. The monoisotopic (exact) mass is 268 g/mol. The number of rotatable bonds is 4. The van der Waals surface area contributed by atoms with E-state index in [0.29, 0.717) is 12.5 Å². The van der Waals surface area contributed by atoms with E-state index in [-0.39, 0.29) is 11.8 Å². The maximum absolute atomic E-state index is 11.2. The highest BCUT2D eigenvalue weighted by atomic mass is 16.3. The van der Waals surface area contributed by atoms with Crippen LogP contribution in [0, 0.1) is 5.92 Å². The first kappa shape index (κ1) is 13.9. The number of nitrogens with two attached hydrogens (primary N) is 1. The lowest BCUT2D eigenvalue weighted by Crippen LogP contribution is -2.43. The number of hydrogen-bond acceptors (Lipinski definition) is 6. The molecule has 2 rings (SSSR count). The zero-order valence-corrected chi connectivity index (χ0v) is 11.0. The van der Waals surface area contributed by atoms with Gasteiger partial charge in [-0.25, -0.2) is 5.84 Å². The van der Waals surface area contributed by atoms with E-state index in [4.69, 9.17) is 5.84 Å². The normalized spacial score (nSPS) is 24.4. The zero-order chi connectivity index (χ0) is 13.8. The zero-order valence-electron chi connectivity index (χ0n) is 11.0. The number of hydrazine groups is 1. The number of carbonyl (C=O) groups excluding carboxylic acids is 1. The summed E-state index contributed by atoms with van der Waals surface area (Å²) in [6, 6.07) is 0. The predicted octanol–water partition coefficient (Wildman–Crippen LogP) is -1.42. The standard InChI is InChI=1S/C11H20N6O2/c1-8-6-16(3-2-10(8)18)4-5-17-7-9(14-15-17)11(19)13-12/h7-8,10,18H,2-6,12H2,1H3,(H,13,19). The van der Waals surface area contributed by atoms with Crippen LogP contribution in [-0.2, 0) is 6.54 Å². The molecule has 0 bridgehead atoms. The first-order valence-electron chi connectivity index (χ1n) is 6.41. The lowest BCUT2D eigenvalue weighted by molar-refractivity contribution is 0.0335.